The molecule has 1 aromatic carbocycles. The molecule has 0 unspecified atom stereocenters. The van der Waals surface area contributed by atoms with E-state index in [2.05, 4.69) is 48.9 Å². The summed E-state index contributed by atoms with van der Waals surface area (Å²) in [6.45, 7) is 2.26. The van der Waals surface area contributed by atoms with E-state index in [1.165, 1.54) is 0 Å². The van der Waals surface area contributed by atoms with Crippen molar-refractivity contribution in [1.82, 2.24) is 10.1 Å². The minimum Gasteiger partial charge on any atom is -0.334 e. The number of rotatable bonds is 2. The summed E-state index contributed by atoms with van der Waals surface area (Å²) in [5.41, 5.74) is 6.92. The second kappa shape index (κ2) is 5.82. The number of nitrogens with two attached hydrogens (primary N) is 1. The summed E-state index contributed by atoms with van der Waals surface area (Å²) < 4.78 is 7.34. The number of hydrogen-bond acceptors (Lipinski definition) is 4. The van der Waals surface area contributed by atoms with Crippen molar-refractivity contribution in [2.24, 2.45) is 11.7 Å². The zero-order valence-corrected chi connectivity index (χ0v) is 14.9. The van der Waals surface area contributed by atoms with Crippen molar-refractivity contribution in [1.29, 1.82) is 0 Å². The first-order chi connectivity index (χ1) is 9.98. The van der Waals surface area contributed by atoms with Crippen LogP contribution in [0, 0.1) is 5.92 Å². The lowest BCUT2D eigenvalue weighted by atomic mass is 9.77. The summed E-state index contributed by atoms with van der Waals surface area (Å²) in [6.07, 6.45) is 4.05. The highest BCUT2D eigenvalue weighted by molar-refractivity contribution is 9.11. The third-order valence-corrected chi connectivity index (χ3v) is 5.35. The average Bonchev–Trinajstić information content (AvgIpc) is 2.92. The van der Waals surface area contributed by atoms with E-state index in [1.54, 1.807) is 0 Å². The van der Waals surface area contributed by atoms with Crippen LogP contribution in [0.2, 0.25) is 0 Å². The van der Waals surface area contributed by atoms with Gasteiger partial charge in [-0.05, 0) is 65.7 Å². The van der Waals surface area contributed by atoms with Gasteiger partial charge >= 0.3 is 0 Å². The highest BCUT2D eigenvalue weighted by atomic mass is 79.9. The van der Waals surface area contributed by atoms with Crippen LogP contribution in [0.15, 0.2) is 31.7 Å². The molecule has 0 amide bonds. The minimum absolute atomic E-state index is 0.448. The van der Waals surface area contributed by atoms with Crippen molar-refractivity contribution in [3.8, 4) is 11.5 Å². The van der Waals surface area contributed by atoms with Crippen LogP contribution in [0.3, 0.4) is 0 Å². The van der Waals surface area contributed by atoms with Gasteiger partial charge in [0, 0.05) is 8.95 Å². The maximum atomic E-state index is 6.49. The van der Waals surface area contributed by atoms with Gasteiger partial charge < -0.3 is 10.3 Å². The van der Waals surface area contributed by atoms with E-state index in [0.717, 1.165) is 46.1 Å². The Kier molecular flexibility index (Phi) is 4.21. The van der Waals surface area contributed by atoms with E-state index in [4.69, 9.17) is 10.3 Å². The van der Waals surface area contributed by atoms with Crippen molar-refractivity contribution < 1.29 is 4.52 Å². The van der Waals surface area contributed by atoms with Crippen LogP contribution < -0.4 is 5.73 Å². The lowest BCUT2D eigenvalue weighted by Crippen LogP contribution is -2.41. The molecule has 1 heterocycles. The van der Waals surface area contributed by atoms with Gasteiger partial charge in [0.25, 0.3) is 5.89 Å². The minimum atomic E-state index is -0.448. The zero-order chi connectivity index (χ0) is 15.0. The summed E-state index contributed by atoms with van der Waals surface area (Å²) in [5, 5.41) is 4.13. The molecule has 1 saturated carbocycles. The molecule has 1 aromatic heterocycles. The van der Waals surface area contributed by atoms with Gasteiger partial charge in [-0.2, -0.15) is 4.98 Å². The van der Waals surface area contributed by atoms with Crippen molar-refractivity contribution in [2.75, 3.05) is 0 Å². The van der Waals surface area contributed by atoms with E-state index in [9.17, 15) is 0 Å². The Bertz CT molecular complexity index is 648. The number of nitrogens with zero attached hydrogens (tertiary/aromatic N) is 2. The Hall–Kier alpha value is -0.720. The molecule has 6 heteroatoms. The van der Waals surface area contributed by atoms with Gasteiger partial charge in [0.05, 0.1) is 11.1 Å². The fourth-order valence-corrected chi connectivity index (χ4v) is 3.92. The average molecular weight is 415 g/mol. The molecule has 0 saturated heterocycles. The highest BCUT2D eigenvalue weighted by Gasteiger charge is 2.36. The van der Waals surface area contributed by atoms with E-state index in [1.807, 2.05) is 18.2 Å². The summed E-state index contributed by atoms with van der Waals surface area (Å²) >= 11 is 6.96. The number of aromatic nitrogens is 2. The van der Waals surface area contributed by atoms with Gasteiger partial charge in [-0.25, -0.2) is 0 Å². The Morgan fingerprint density at radius 1 is 1.29 bits per heavy atom. The predicted molar refractivity (Wildman–Crippen MR) is 88.6 cm³/mol. The molecule has 2 aromatic rings. The molecule has 0 spiro atoms. The third-order valence-electron chi connectivity index (χ3n) is 4.20. The van der Waals surface area contributed by atoms with Crippen molar-refractivity contribution >= 4 is 31.9 Å². The Labute approximate surface area is 140 Å². The first-order valence-electron chi connectivity index (χ1n) is 7.06. The lowest BCUT2D eigenvalue weighted by Gasteiger charge is -2.33. The van der Waals surface area contributed by atoms with Crippen molar-refractivity contribution in [2.45, 2.75) is 38.1 Å². The molecule has 1 fully saturated rings. The zero-order valence-electron chi connectivity index (χ0n) is 11.8. The maximum Gasteiger partial charge on any atom is 0.259 e. The highest BCUT2D eigenvalue weighted by Crippen LogP contribution is 2.37. The lowest BCUT2D eigenvalue weighted by molar-refractivity contribution is 0.230. The first-order valence-corrected chi connectivity index (χ1v) is 8.65. The first kappa shape index (κ1) is 15.2. The van der Waals surface area contributed by atoms with Crippen LogP contribution in [-0.2, 0) is 5.54 Å². The molecular weight excluding hydrogens is 398 g/mol. The predicted octanol–water partition coefficient (Wildman–Crippen LogP) is 4.63. The van der Waals surface area contributed by atoms with Crippen molar-refractivity contribution in [3.63, 3.8) is 0 Å². The largest absolute Gasteiger partial charge is 0.334 e. The van der Waals surface area contributed by atoms with Crippen LogP contribution in [0.4, 0.5) is 0 Å². The summed E-state index contributed by atoms with van der Waals surface area (Å²) in [5.74, 6) is 1.86. The van der Waals surface area contributed by atoms with Gasteiger partial charge in [0.1, 0.15) is 0 Å². The van der Waals surface area contributed by atoms with E-state index in [0.29, 0.717) is 11.7 Å². The van der Waals surface area contributed by atoms with Crippen molar-refractivity contribution in [3.05, 3.63) is 33.0 Å². The van der Waals surface area contributed by atoms with Gasteiger partial charge in [-0.1, -0.05) is 28.0 Å². The topological polar surface area (TPSA) is 64.9 Å². The SMILES string of the molecule is CC1CCC(N)(c2noc(-c3ccc(Br)cc3Br)n2)CC1. The Balaban J connectivity index is 1.89. The second-order valence-corrected chi connectivity index (χ2v) is 7.66. The molecule has 112 valence electrons. The normalized spacial score (nSPS) is 26.0. The molecule has 21 heavy (non-hydrogen) atoms. The van der Waals surface area contributed by atoms with E-state index in [-0.39, 0.29) is 0 Å². The molecule has 0 bridgehead atoms. The van der Waals surface area contributed by atoms with Crippen LogP contribution in [0.5, 0.6) is 0 Å². The molecule has 0 radical (unpaired) electrons. The standard InChI is InChI=1S/C15H17Br2N3O/c1-9-4-6-15(18,7-5-9)14-19-13(21-20-14)11-3-2-10(16)8-12(11)17/h2-3,8-9H,4-7,18H2,1H3. The fraction of sp³-hybridized carbons (Fsp3) is 0.467. The summed E-state index contributed by atoms with van der Waals surface area (Å²) in [6, 6.07) is 5.85. The van der Waals surface area contributed by atoms with Crippen LogP contribution >= 0.6 is 31.9 Å². The number of benzene rings is 1. The summed E-state index contributed by atoms with van der Waals surface area (Å²) in [7, 11) is 0. The molecular formula is C15H17Br2N3O. The quantitative estimate of drug-likeness (QED) is 0.778. The molecule has 0 aliphatic heterocycles. The van der Waals surface area contributed by atoms with Gasteiger partial charge in [0.2, 0.25) is 0 Å². The molecule has 4 nitrogen and oxygen atoms in total. The molecule has 0 atom stereocenters. The monoisotopic (exact) mass is 413 g/mol. The van der Waals surface area contributed by atoms with E-state index < -0.39 is 5.54 Å². The Morgan fingerprint density at radius 3 is 2.67 bits per heavy atom. The smallest absolute Gasteiger partial charge is 0.259 e. The van der Waals surface area contributed by atoms with Crippen LogP contribution in [0.25, 0.3) is 11.5 Å². The van der Waals surface area contributed by atoms with Gasteiger partial charge in [0.15, 0.2) is 5.82 Å². The molecule has 2 N–H and O–H groups in total. The van der Waals surface area contributed by atoms with Crippen LogP contribution in [-0.4, -0.2) is 10.1 Å². The van der Waals surface area contributed by atoms with Gasteiger partial charge in [-0.15, -0.1) is 0 Å². The number of hydrogen-bond donors (Lipinski definition) is 1. The molecule has 1 aliphatic carbocycles. The number of halogens is 2. The van der Waals surface area contributed by atoms with Crippen LogP contribution in [0.1, 0.15) is 38.4 Å². The van der Waals surface area contributed by atoms with E-state index >= 15 is 0 Å². The second-order valence-electron chi connectivity index (χ2n) is 5.89. The Morgan fingerprint density at radius 2 is 2.00 bits per heavy atom. The maximum absolute atomic E-state index is 6.49. The van der Waals surface area contributed by atoms with Gasteiger partial charge in [-0.3, -0.25) is 0 Å². The third kappa shape index (κ3) is 3.07. The molecule has 1 aliphatic rings. The summed E-state index contributed by atoms with van der Waals surface area (Å²) in [4.78, 5) is 4.54. The fourth-order valence-electron chi connectivity index (χ4n) is 2.70. The molecule has 3 rings (SSSR count).